The Balaban J connectivity index is 2.34. The average Bonchev–Trinajstić information content (AvgIpc) is 2.28. The molecule has 88 valence electrons. The van der Waals surface area contributed by atoms with E-state index in [1.54, 1.807) is 0 Å². The van der Waals surface area contributed by atoms with E-state index in [1.807, 2.05) is 0 Å². The van der Waals surface area contributed by atoms with E-state index in [4.69, 9.17) is 4.74 Å². The summed E-state index contributed by atoms with van der Waals surface area (Å²) in [7, 11) is 3.41. The van der Waals surface area contributed by atoms with Crippen molar-refractivity contribution in [3.8, 4) is 0 Å². The zero-order valence-corrected chi connectivity index (χ0v) is 9.78. The monoisotopic (exact) mass is 223 g/mol. The lowest BCUT2D eigenvalue weighted by molar-refractivity contribution is -0.138. The van der Waals surface area contributed by atoms with E-state index in [2.05, 4.69) is 11.9 Å². The number of likely N-dealkylation sites (tertiary alicyclic amines) is 1. The van der Waals surface area contributed by atoms with Crippen LogP contribution >= 0.6 is 0 Å². The molecule has 0 unspecified atom stereocenters. The number of Topliss-reactive ketones (excluding diaryl/α,β-unsaturated/α-hetero) is 1. The van der Waals surface area contributed by atoms with Gasteiger partial charge >= 0.3 is 5.97 Å². The molecule has 16 heavy (non-hydrogen) atoms. The predicted octanol–water partition coefficient (Wildman–Crippen LogP) is 0.771. The highest BCUT2D eigenvalue weighted by Gasteiger charge is 2.35. The first-order chi connectivity index (χ1) is 7.63. The van der Waals surface area contributed by atoms with E-state index >= 15 is 0 Å². The van der Waals surface area contributed by atoms with Gasteiger partial charge in [-0.15, -0.1) is 0 Å². The molecule has 0 radical (unpaired) electrons. The van der Waals surface area contributed by atoms with E-state index in [0.717, 1.165) is 31.5 Å². The highest BCUT2D eigenvalue weighted by atomic mass is 16.5. The number of carbonyl (C=O) groups excluding carboxylic acids is 2. The number of ether oxygens (including phenoxy) is 1. The van der Waals surface area contributed by atoms with E-state index in [0.29, 0.717) is 17.9 Å². The molecule has 1 fully saturated rings. The SMILES string of the molecule is COC(=O)C1=C2CCN(C)C[C@@H]2CCC1=O. The summed E-state index contributed by atoms with van der Waals surface area (Å²) < 4.78 is 4.70. The van der Waals surface area contributed by atoms with Crippen molar-refractivity contribution in [3.05, 3.63) is 11.1 Å². The van der Waals surface area contributed by atoms with Gasteiger partial charge in [-0.1, -0.05) is 0 Å². The number of carbonyl (C=O) groups is 2. The van der Waals surface area contributed by atoms with E-state index in [-0.39, 0.29) is 5.78 Å². The molecule has 0 bridgehead atoms. The Labute approximate surface area is 95.2 Å². The van der Waals surface area contributed by atoms with Gasteiger partial charge in [0.2, 0.25) is 0 Å². The fourth-order valence-corrected chi connectivity index (χ4v) is 2.64. The molecule has 2 rings (SSSR count). The molecule has 4 heteroatoms. The van der Waals surface area contributed by atoms with Crippen molar-refractivity contribution in [3.63, 3.8) is 0 Å². The zero-order valence-electron chi connectivity index (χ0n) is 9.78. The first-order valence-corrected chi connectivity index (χ1v) is 5.66. The van der Waals surface area contributed by atoms with Crippen LogP contribution in [0, 0.1) is 5.92 Å². The van der Waals surface area contributed by atoms with Crippen LogP contribution in [0.2, 0.25) is 0 Å². The van der Waals surface area contributed by atoms with Gasteiger partial charge in [-0.05, 0) is 31.4 Å². The lowest BCUT2D eigenvalue weighted by atomic mass is 9.78. The summed E-state index contributed by atoms with van der Waals surface area (Å²) in [4.78, 5) is 25.6. The second-order valence-corrected chi connectivity index (χ2v) is 4.56. The lowest BCUT2D eigenvalue weighted by Gasteiger charge is -2.35. The molecule has 0 N–H and O–H groups in total. The van der Waals surface area contributed by atoms with Crippen LogP contribution in [0.25, 0.3) is 0 Å². The molecule has 1 saturated heterocycles. The minimum Gasteiger partial charge on any atom is -0.465 e. The summed E-state index contributed by atoms with van der Waals surface area (Å²) in [5.41, 5.74) is 1.37. The van der Waals surface area contributed by atoms with Crippen LogP contribution in [0.4, 0.5) is 0 Å². The normalized spacial score (nSPS) is 26.6. The van der Waals surface area contributed by atoms with Gasteiger partial charge in [0.15, 0.2) is 5.78 Å². The molecular weight excluding hydrogens is 206 g/mol. The molecule has 0 aromatic carbocycles. The van der Waals surface area contributed by atoms with E-state index < -0.39 is 5.97 Å². The fraction of sp³-hybridized carbons (Fsp3) is 0.667. The van der Waals surface area contributed by atoms with Crippen LogP contribution in [-0.4, -0.2) is 43.9 Å². The summed E-state index contributed by atoms with van der Waals surface area (Å²) in [6.07, 6.45) is 2.17. The zero-order chi connectivity index (χ0) is 11.7. The summed E-state index contributed by atoms with van der Waals surface area (Å²) >= 11 is 0. The maximum Gasteiger partial charge on any atom is 0.341 e. The number of methoxy groups -OCH3 is 1. The maximum absolute atomic E-state index is 11.8. The number of hydrogen-bond acceptors (Lipinski definition) is 4. The summed E-state index contributed by atoms with van der Waals surface area (Å²) in [5, 5.41) is 0. The summed E-state index contributed by atoms with van der Waals surface area (Å²) in [6, 6.07) is 0. The van der Waals surface area contributed by atoms with Crippen LogP contribution in [0.5, 0.6) is 0 Å². The molecule has 0 aromatic heterocycles. The van der Waals surface area contributed by atoms with Crippen molar-refractivity contribution >= 4 is 11.8 Å². The van der Waals surface area contributed by atoms with Gasteiger partial charge in [0.25, 0.3) is 0 Å². The second-order valence-electron chi connectivity index (χ2n) is 4.56. The Morgan fingerprint density at radius 1 is 1.44 bits per heavy atom. The van der Waals surface area contributed by atoms with E-state index in [1.165, 1.54) is 7.11 Å². The fourth-order valence-electron chi connectivity index (χ4n) is 2.64. The topological polar surface area (TPSA) is 46.6 Å². The van der Waals surface area contributed by atoms with Crippen LogP contribution in [0.1, 0.15) is 19.3 Å². The maximum atomic E-state index is 11.8. The van der Waals surface area contributed by atoms with Gasteiger partial charge in [-0.2, -0.15) is 0 Å². The van der Waals surface area contributed by atoms with Crippen molar-refractivity contribution in [1.82, 2.24) is 4.90 Å². The summed E-state index contributed by atoms with van der Waals surface area (Å²) in [6.45, 7) is 1.86. The molecular formula is C12H17NO3. The Morgan fingerprint density at radius 2 is 2.19 bits per heavy atom. The van der Waals surface area contributed by atoms with E-state index in [9.17, 15) is 9.59 Å². The Bertz CT molecular complexity index is 359. The molecule has 0 aromatic rings. The standard InChI is InChI=1S/C12H17NO3/c1-13-6-5-9-8(7-13)3-4-10(14)11(9)12(15)16-2/h8H,3-7H2,1-2H3/t8-/m0/s1. The van der Waals surface area contributed by atoms with Crippen LogP contribution < -0.4 is 0 Å². The number of nitrogens with zero attached hydrogens (tertiary/aromatic N) is 1. The molecule has 0 saturated carbocycles. The third-order valence-electron chi connectivity index (χ3n) is 3.50. The first-order valence-electron chi connectivity index (χ1n) is 5.66. The third-order valence-corrected chi connectivity index (χ3v) is 3.50. The molecule has 0 amide bonds. The van der Waals surface area contributed by atoms with Gasteiger partial charge in [-0.3, -0.25) is 4.79 Å². The highest BCUT2D eigenvalue weighted by Crippen LogP contribution is 2.34. The molecule has 1 aliphatic carbocycles. The van der Waals surface area contributed by atoms with Crippen LogP contribution in [-0.2, 0) is 14.3 Å². The van der Waals surface area contributed by atoms with Crippen molar-refractivity contribution in [2.75, 3.05) is 27.2 Å². The lowest BCUT2D eigenvalue weighted by Crippen LogP contribution is -2.38. The highest BCUT2D eigenvalue weighted by molar-refractivity contribution is 6.18. The van der Waals surface area contributed by atoms with Crippen molar-refractivity contribution in [1.29, 1.82) is 0 Å². The average molecular weight is 223 g/mol. The third kappa shape index (κ3) is 1.89. The predicted molar refractivity (Wildman–Crippen MR) is 58.9 cm³/mol. The number of hydrogen-bond donors (Lipinski definition) is 0. The quantitative estimate of drug-likeness (QED) is 0.486. The van der Waals surface area contributed by atoms with Gasteiger partial charge in [0.05, 0.1) is 7.11 Å². The van der Waals surface area contributed by atoms with Crippen molar-refractivity contribution < 1.29 is 14.3 Å². The number of rotatable bonds is 1. The molecule has 1 atom stereocenters. The molecule has 1 aliphatic heterocycles. The molecule has 1 heterocycles. The van der Waals surface area contributed by atoms with Gasteiger partial charge < -0.3 is 9.64 Å². The number of esters is 1. The number of piperidine rings is 1. The Morgan fingerprint density at radius 3 is 2.88 bits per heavy atom. The molecule has 2 aliphatic rings. The first kappa shape index (κ1) is 11.3. The minimum atomic E-state index is -0.450. The van der Waals surface area contributed by atoms with Crippen LogP contribution in [0.15, 0.2) is 11.1 Å². The Hall–Kier alpha value is -1.16. The smallest absolute Gasteiger partial charge is 0.341 e. The van der Waals surface area contributed by atoms with Crippen molar-refractivity contribution in [2.45, 2.75) is 19.3 Å². The van der Waals surface area contributed by atoms with Gasteiger partial charge in [0, 0.05) is 19.5 Å². The largest absolute Gasteiger partial charge is 0.465 e. The van der Waals surface area contributed by atoms with Crippen molar-refractivity contribution in [2.24, 2.45) is 5.92 Å². The number of ketones is 1. The summed E-state index contributed by atoms with van der Waals surface area (Å²) in [5.74, 6) is -0.123. The molecule has 0 spiro atoms. The Kier molecular flexibility index (Phi) is 3.10. The second kappa shape index (κ2) is 4.37. The molecule has 4 nitrogen and oxygen atoms in total. The van der Waals surface area contributed by atoms with Crippen LogP contribution in [0.3, 0.4) is 0 Å². The minimum absolute atomic E-state index is 0.0392. The number of fused-ring (bicyclic) bond motifs is 1. The van der Waals surface area contributed by atoms with Gasteiger partial charge in [0.1, 0.15) is 5.57 Å². The van der Waals surface area contributed by atoms with Gasteiger partial charge in [-0.25, -0.2) is 4.79 Å².